The van der Waals surface area contributed by atoms with Gasteiger partial charge in [-0.1, -0.05) is 15.9 Å². The zero-order valence-corrected chi connectivity index (χ0v) is 7.93. The quantitative estimate of drug-likeness (QED) is 0.529. The molecule has 0 unspecified atom stereocenters. The van der Waals surface area contributed by atoms with Crippen molar-refractivity contribution in [3.05, 3.63) is 28.2 Å². The second-order valence-electron chi connectivity index (χ2n) is 2.37. The molecular weight excluding hydrogens is 220 g/mol. The highest BCUT2D eigenvalue weighted by atomic mass is 79.9. The lowest BCUT2D eigenvalue weighted by Gasteiger charge is -2.04. The molecule has 0 radical (unpaired) electrons. The van der Waals surface area contributed by atoms with E-state index in [1.807, 2.05) is 0 Å². The zero-order chi connectivity index (χ0) is 9.14. The fraction of sp³-hybridized carbons (Fsp3) is 0.125. The van der Waals surface area contributed by atoms with Crippen molar-refractivity contribution in [2.75, 3.05) is 12.3 Å². The maximum atomic E-state index is 8.71. The Kier molecular flexibility index (Phi) is 2.83. The molecule has 0 atom stereocenters. The second-order valence-corrected chi connectivity index (χ2v) is 3.28. The van der Waals surface area contributed by atoms with E-state index >= 15 is 0 Å². The Morgan fingerprint density at radius 3 is 2.83 bits per heavy atom. The molecule has 3 nitrogen and oxygen atoms in total. The summed E-state index contributed by atoms with van der Waals surface area (Å²) < 4.78 is 0.852. The number of nitrogen functional groups attached to an aromatic ring is 1. The number of halogens is 1. The van der Waals surface area contributed by atoms with E-state index in [1.54, 1.807) is 18.2 Å². The van der Waals surface area contributed by atoms with E-state index in [-0.39, 0.29) is 12.3 Å². The molecule has 0 amide bonds. The summed E-state index contributed by atoms with van der Waals surface area (Å²) in [5, 5.41) is 16.1. The molecule has 12 heavy (non-hydrogen) atoms. The first-order valence-corrected chi connectivity index (χ1v) is 4.18. The van der Waals surface area contributed by atoms with Crippen LogP contribution in [0.15, 0.2) is 22.7 Å². The second kappa shape index (κ2) is 3.69. The van der Waals surface area contributed by atoms with Crippen molar-refractivity contribution in [3.8, 4) is 0 Å². The predicted octanol–water partition coefficient (Wildman–Crippen LogP) is 1.39. The molecular formula is C8H9BrN2O. The van der Waals surface area contributed by atoms with Crippen molar-refractivity contribution in [1.82, 2.24) is 0 Å². The number of anilines is 1. The highest BCUT2D eigenvalue weighted by molar-refractivity contribution is 9.10. The van der Waals surface area contributed by atoms with Gasteiger partial charge in [0.15, 0.2) is 0 Å². The summed E-state index contributed by atoms with van der Waals surface area (Å²) in [4.78, 5) is 0. The number of hydrogen-bond donors (Lipinski definition) is 3. The molecule has 1 aromatic carbocycles. The molecule has 0 aliphatic rings. The lowest BCUT2D eigenvalue weighted by atomic mass is 10.1. The molecule has 0 aliphatic carbocycles. The van der Waals surface area contributed by atoms with Crippen LogP contribution in [-0.2, 0) is 0 Å². The van der Waals surface area contributed by atoms with Gasteiger partial charge in [-0.25, -0.2) is 0 Å². The van der Waals surface area contributed by atoms with Crippen LogP contribution in [-0.4, -0.2) is 17.4 Å². The summed E-state index contributed by atoms with van der Waals surface area (Å²) in [7, 11) is 0. The molecule has 4 heteroatoms. The van der Waals surface area contributed by atoms with E-state index in [9.17, 15) is 0 Å². The van der Waals surface area contributed by atoms with Crippen molar-refractivity contribution >= 4 is 27.3 Å². The lowest BCUT2D eigenvalue weighted by Crippen LogP contribution is -2.07. The molecule has 0 saturated carbocycles. The van der Waals surface area contributed by atoms with Crippen LogP contribution in [0.2, 0.25) is 0 Å². The van der Waals surface area contributed by atoms with Crippen LogP contribution in [0.3, 0.4) is 0 Å². The van der Waals surface area contributed by atoms with E-state index in [2.05, 4.69) is 15.9 Å². The zero-order valence-electron chi connectivity index (χ0n) is 6.34. The molecule has 0 fully saturated rings. The standard InChI is InChI=1S/C8H9BrN2O/c9-5-1-2-7(10)6(3-5)8(11)4-12/h1-3,11-12H,4,10H2. The van der Waals surface area contributed by atoms with Gasteiger partial charge >= 0.3 is 0 Å². The van der Waals surface area contributed by atoms with Crippen LogP contribution in [0.25, 0.3) is 0 Å². The van der Waals surface area contributed by atoms with Crippen molar-refractivity contribution < 1.29 is 5.11 Å². The Hall–Kier alpha value is -0.870. The third kappa shape index (κ3) is 1.84. The SMILES string of the molecule is N=C(CO)c1cc(Br)ccc1N. The number of hydrogen-bond acceptors (Lipinski definition) is 3. The van der Waals surface area contributed by atoms with Gasteiger partial charge in [0, 0.05) is 15.7 Å². The van der Waals surface area contributed by atoms with E-state index in [0.29, 0.717) is 11.3 Å². The summed E-state index contributed by atoms with van der Waals surface area (Å²) >= 11 is 3.26. The average molecular weight is 229 g/mol. The molecule has 64 valence electrons. The number of rotatable bonds is 2. The van der Waals surface area contributed by atoms with Crippen molar-refractivity contribution in [2.24, 2.45) is 0 Å². The maximum Gasteiger partial charge on any atom is 0.0852 e. The maximum absolute atomic E-state index is 8.71. The van der Waals surface area contributed by atoms with E-state index in [4.69, 9.17) is 16.2 Å². The topological polar surface area (TPSA) is 70.1 Å². The van der Waals surface area contributed by atoms with Crippen LogP contribution >= 0.6 is 15.9 Å². The molecule has 0 aliphatic heterocycles. The molecule has 0 heterocycles. The van der Waals surface area contributed by atoms with Crippen molar-refractivity contribution in [1.29, 1.82) is 5.41 Å². The normalized spacial score (nSPS) is 9.83. The van der Waals surface area contributed by atoms with Gasteiger partial charge in [-0.3, -0.25) is 0 Å². The van der Waals surface area contributed by atoms with Crippen LogP contribution < -0.4 is 5.73 Å². The first-order chi connectivity index (χ1) is 5.65. The first-order valence-electron chi connectivity index (χ1n) is 3.39. The van der Waals surface area contributed by atoms with Crippen LogP contribution in [0.1, 0.15) is 5.56 Å². The highest BCUT2D eigenvalue weighted by Gasteiger charge is 2.04. The van der Waals surface area contributed by atoms with Crippen LogP contribution in [0, 0.1) is 5.41 Å². The van der Waals surface area contributed by atoms with Crippen LogP contribution in [0.4, 0.5) is 5.69 Å². The minimum absolute atomic E-state index is 0.133. The Labute approximate surface area is 78.8 Å². The fourth-order valence-electron chi connectivity index (χ4n) is 0.875. The number of nitrogens with one attached hydrogen (secondary N) is 1. The van der Waals surface area contributed by atoms with Gasteiger partial charge in [0.2, 0.25) is 0 Å². The molecule has 1 rings (SSSR count). The third-order valence-corrected chi connectivity index (χ3v) is 1.99. The number of aliphatic hydroxyl groups is 1. The summed E-state index contributed by atoms with van der Waals surface area (Å²) in [6.07, 6.45) is 0. The largest absolute Gasteiger partial charge is 0.398 e. The summed E-state index contributed by atoms with van der Waals surface area (Å²) in [6, 6.07) is 5.21. The van der Waals surface area contributed by atoms with Gasteiger partial charge in [0.25, 0.3) is 0 Å². The molecule has 0 aromatic heterocycles. The first kappa shape index (κ1) is 9.22. The van der Waals surface area contributed by atoms with Gasteiger partial charge in [0.1, 0.15) is 0 Å². The Bertz CT molecular complexity index is 312. The number of benzene rings is 1. The third-order valence-electron chi connectivity index (χ3n) is 1.50. The van der Waals surface area contributed by atoms with E-state index < -0.39 is 0 Å². The Morgan fingerprint density at radius 1 is 1.58 bits per heavy atom. The Balaban J connectivity index is 3.13. The lowest BCUT2D eigenvalue weighted by molar-refractivity contribution is 0.357. The van der Waals surface area contributed by atoms with Crippen molar-refractivity contribution in [3.63, 3.8) is 0 Å². The number of nitrogens with two attached hydrogens (primary N) is 1. The minimum Gasteiger partial charge on any atom is -0.398 e. The fourth-order valence-corrected chi connectivity index (χ4v) is 1.24. The molecule has 0 spiro atoms. The van der Waals surface area contributed by atoms with E-state index in [1.165, 1.54) is 0 Å². The monoisotopic (exact) mass is 228 g/mol. The minimum atomic E-state index is -0.291. The Morgan fingerprint density at radius 2 is 2.25 bits per heavy atom. The summed E-state index contributed by atoms with van der Waals surface area (Å²) in [5.41, 5.74) is 6.81. The summed E-state index contributed by atoms with van der Waals surface area (Å²) in [5.74, 6) is 0. The molecule has 0 saturated heterocycles. The smallest absolute Gasteiger partial charge is 0.0852 e. The van der Waals surface area contributed by atoms with Gasteiger partial charge in [0.05, 0.1) is 12.3 Å². The van der Waals surface area contributed by atoms with Crippen LogP contribution in [0.5, 0.6) is 0 Å². The number of aliphatic hydroxyl groups excluding tert-OH is 1. The van der Waals surface area contributed by atoms with Gasteiger partial charge in [-0.15, -0.1) is 0 Å². The van der Waals surface area contributed by atoms with Crippen molar-refractivity contribution in [2.45, 2.75) is 0 Å². The van der Waals surface area contributed by atoms with Gasteiger partial charge < -0.3 is 16.2 Å². The average Bonchev–Trinajstić information content (AvgIpc) is 2.08. The van der Waals surface area contributed by atoms with Gasteiger partial charge in [-0.2, -0.15) is 0 Å². The highest BCUT2D eigenvalue weighted by Crippen LogP contribution is 2.18. The molecule has 4 N–H and O–H groups in total. The van der Waals surface area contributed by atoms with Gasteiger partial charge in [-0.05, 0) is 18.2 Å². The summed E-state index contributed by atoms with van der Waals surface area (Å²) in [6.45, 7) is -0.291. The molecule has 1 aromatic rings. The van der Waals surface area contributed by atoms with E-state index in [0.717, 1.165) is 4.47 Å². The molecule has 0 bridgehead atoms. The predicted molar refractivity (Wildman–Crippen MR) is 52.5 cm³/mol.